The SMILES string of the molecule is C=CC(=O)N1CCN(C2NC(OCC3CCCN3C)NC3C[C@]4(CCC32)Cc2cc(C)ccc2S4)CC1CC#N. The van der Waals surface area contributed by atoms with E-state index in [2.05, 4.69) is 77.0 Å². The number of likely N-dealkylation sites (N-methyl/N-ethyl adjacent to an activating group) is 1. The smallest absolute Gasteiger partial charge is 0.246 e. The van der Waals surface area contributed by atoms with E-state index in [1.807, 2.05) is 4.90 Å². The Labute approximate surface area is 243 Å². The summed E-state index contributed by atoms with van der Waals surface area (Å²) in [6.45, 7) is 9.83. The van der Waals surface area contributed by atoms with Gasteiger partial charge in [-0.05, 0) is 76.7 Å². The number of carbonyl (C=O) groups excluding carboxylic acids is 1. The van der Waals surface area contributed by atoms with E-state index in [1.54, 1.807) is 0 Å². The van der Waals surface area contributed by atoms with E-state index in [9.17, 15) is 10.1 Å². The Morgan fingerprint density at radius 2 is 2.15 bits per heavy atom. The maximum atomic E-state index is 12.5. The number of ether oxygens (including phenoxy) is 1. The predicted octanol–water partition coefficient (Wildman–Crippen LogP) is 3.08. The molecule has 5 aliphatic rings. The monoisotopic (exact) mass is 564 g/mol. The van der Waals surface area contributed by atoms with Gasteiger partial charge in [-0.15, -0.1) is 11.8 Å². The van der Waals surface area contributed by atoms with Crippen LogP contribution in [0.2, 0.25) is 0 Å². The van der Waals surface area contributed by atoms with E-state index in [0.717, 1.165) is 32.4 Å². The summed E-state index contributed by atoms with van der Waals surface area (Å²) in [5.74, 6) is 0.362. The third-order valence-electron chi connectivity index (χ3n) is 10.0. The molecule has 0 aromatic heterocycles. The largest absolute Gasteiger partial charge is 0.348 e. The number of benzene rings is 1. The molecule has 216 valence electrons. The number of hydrogen-bond acceptors (Lipinski definition) is 8. The summed E-state index contributed by atoms with van der Waals surface area (Å²) in [4.78, 5) is 20.7. The van der Waals surface area contributed by atoms with Gasteiger partial charge in [0.1, 0.15) is 0 Å². The molecule has 1 aromatic rings. The van der Waals surface area contributed by atoms with Gasteiger partial charge >= 0.3 is 0 Å². The average Bonchev–Trinajstić information content (AvgIpc) is 3.52. The van der Waals surface area contributed by atoms with Gasteiger partial charge in [-0.2, -0.15) is 5.26 Å². The highest BCUT2D eigenvalue weighted by Crippen LogP contribution is 2.54. The van der Waals surface area contributed by atoms with Crippen molar-refractivity contribution >= 4 is 17.7 Å². The molecule has 4 aliphatic heterocycles. The van der Waals surface area contributed by atoms with E-state index in [0.29, 0.717) is 44.1 Å². The van der Waals surface area contributed by atoms with Crippen molar-refractivity contribution in [3.8, 4) is 6.07 Å². The molecule has 1 spiro atoms. The molecule has 1 saturated carbocycles. The van der Waals surface area contributed by atoms with Crippen LogP contribution in [-0.2, 0) is 16.0 Å². The van der Waals surface area contributed by atoms with Gasteiger partial charge in [0.25, 0.3) is 0 Å². The van der Waals surface area contributed by atoms with Crippen molar-refractivity contribution in [2.45, 2.75) is 92.2 Å². The second-order valence-corrected chi connectivity index (χ2v) is 14.1. The Balaban J connectivity index is 1.20. The highest BCUT2D eigenvalue weighted by molar-refractivity contribution is 8.01. The Morgan fingerprint density at radius 1 is 1.27 bits per heavy atom. The van der Waals surface area contributed by atoms with Crippen molar-refractivity contribution in [3.05, 3.63) is 42.0 Å². The number of aryl methyl sites for hydroxylation is 1. The van der Waals surface area contributed by atoms with Crippen molar-refractivity contribution < 1.29 is 9.53 Å². The van der Waals surface area contributed by atoms with Gasteiger partial charge in [-0.3, -0.25) is 20.3 Å². The quantitative estimate of drug-likeness (QED) is 0.511. The lowest BCUT2D eigenvalue weighted by molar-refractivity contribution is -0.135. The molecule has 1 aromatic carbocycles. The molecule has 8 nitrogen and oxygen atoms in total. The summed E-state index contributed by atoms with van der Waals surface area (Å²) in [5.41, 5.74) is 2.85. The van der Waals surface area contributed by atoms with E-state index in [-0.39, 0.29) is 29.2 Å². The van der Waals surface area contributed by atoms with Crippen molar-refractivity contribution in [2.75, 3.05) is 39.8 Å². The van der Waals surface area contributed by atoms with Crippen molar-refractivity contribution in [1.82, 2.24) is 25.3 Å². The van der Waals surface area contributed by atoms with Gasteiger partial charge in [-0.25, -0.2) is 0 Å². The van der Waals surface area contributed by atoms with Crippen LogP contribution in [0.15, 0.2) is 35.7 Å². The molecule has 9 heteroatoms. The topological polar surface area (TPSA) is 83.9 Å². The fourth-order valence-corrected chi connectivity index (χ4v) is 9.45. The minimum atomic E-state index is -0.214. The first kappa shape index (κ1) is 28.2. The zero-order valence-corrected chi connectivity index (χ0v) is 24.8. The number of nitrogens with one attached hydrogen (secondary N) is 2. The van der Waals surface area contributed by atoms with Crippen LogP contribution in [0, 0.1) is 24.2 Å². The van der Waals surface area contributed by atoms with E-state index in [4.69, 9.17) is 4.74 Å². The summed E-state index contributed by atoms with van der Waals surface area (Å²) >= 11 is 2.10. The van der Waals surface area contributed by atoms with E-state index >= 15 is 0 Å². The number of nitrogens with zero attached hydrogens (tertiary/aromatic N) is 4. The van der Waals surface area contributed by atoms with Crippen LogP contribution in [-0.4, -0.2) is 95.8 Å². The first-order valence-corrected chi connectivity index (χ1v) is 15.9. The summed E-state index contributed by atoms with van der Waals surface area (Å²) in [6.07, 6.45) is 8.66. The zero-order chi connectivity index (χ0) is 27.9. The Bertz CT molecular complexity index is 1160. The number of fused-ring (bicyclic) bond motifs is 2. The molecule has 4 fully saturated rings. The van der Waals surface area contributed by atoms with E-state index in [1.165, 1.54) is 41.4 Å². The Kier molecular flexibility index (Phi) is 8.28. The predicted molar refractivity (Wildman–Crippen MR) is 158 cm³/mol. The van der Waals surface area contributed by atoms with Crippen LogP contribution in [0.25, 0.3) is 0 Å². The number of piperazine rings is 1. The van der Waals surface area contributed by atoms with Crippen molar-refractivity contribution in [1.29, 1.82) is 5.26 Å². The van der Waals surface area contributed by atoms with Crippen LogP contribution < -0.4 is 10.6 Å². The normalized spacial score (nSPS) is 36.3. The van der Waals surface area contributed by atoms with Gasteiger partial charge in [0.15, 0.2) is 6.35 Å². The molecule has 40 heavy (non-hydrogen) atoms. The Morgan fingerprint density at radius 3 is 2.92 bits per heavy atom. The minimum Gasteiger partial charge on any atom is -0.348 e. The van der Waals surface area contributed by atoms with Crippen LogP contribution in [0.3, 0.4) is 0 Å². The molecule has 1 amide bonds. The van der Waals surface area contributed by atoms with Gasteiger partial charge in [0, 0.05) is 47.3 Å². The molecular formula is C31H44N6O2S. The van der Waals surface area contributed by atoms with Gasteiger partial charge in [0.2, 0.25) is 5.91 Å². The average molecular weight is 565 g/mol. The lowest BCUT2D eigenvalue weighted by atomic mass is 9.73. The molecular weight excluding hydrogens is 520 g/mol. The molecule has 6 rings (SSSR count). The fraction of sp³-hybridized carbons (Fsp3) is 0.677. The second-order valence-electron chi connectivity index (χ2n) is 12.6. The van der Waals surface area contributed by atoms with Crippen molar-refractivity contribution in [3.63, 3.8) is 0 Å². The maximum absolute atomic E-state index is 12.5. The molecule has 0 radical (unpaired) electrons. The molecule has 2 N–H and O–H groups in total. The first-order valence-electron chi connectivity index (χ1n) is 15.0. The molecule has 7 atom stereocenters. The third kappa shape index (κ3) is 5.59. The molecule has 6 unspecified atom stereocenters. The molecule has 1 aliphatic carbocycles. The number of thioether (sulfide) groups is 1. The van der Waals surface area contributed by atoms with Crippen molar-refractivity contribution in [2.24, 2.45) is 5.92 Å². The molecule has 0 bridgehead atoms. The third-order valence-corrected chi connectivity index (χ3v) is 11.6. The highest BCUT2D eigenvalue weighted by Gasteiger charge is 2.51. The summed E-state index contributed by atoms with van der Waals surface area (Å²) in [7, 11) is 2.20. The summed E-state index contributed by atoms with van der Waals surface area (Å²) < 4.78 is 6.80. The van der Waals surface area contributed by atoms with Gasteiger partial charge in [-0.1, -0.05) is 24.3 Å². The molecule has 3 saturated heterocycles. The first-order chi connectivity index (χ1) is 19.4. The lowest BCUT2D eigenvalue weighted by Crippen LogP contribution is -2.72. The maximum Gasteiger partial charge on any atom is 0.246 e. The van der Waals surface area contributed by atoms with Crippen LogP contribution in [0.1, 0.15) is 49.7 Å². The number of likely N-dealkylation sites (tertiary alicyclic amines) is 1. The highest BCUT2D eigenvalue weighted by atomic mass is 32.2. The van der Waals surface area contributed by atoms with Crippen LogP contribution in [0.5, 0.6) is 0 Å². The standard InChI is InChI=1S/C31H44N6O2S/c1-4-28(38)37-15-14-36(19-23(37)10-12-32)29-25-9-11-31(17-22-16-21(2)7-8-27(22)40-31)18-26(25)33-30(34-29)39-20-24-6-5-13-35(24)3/h4,7-8,16,23-26,29-30,33-34H,1,5-6,9-11,13-15,17-20H2,2-3H3/t23?,24?,25?,26?,29?,30?,31-/m0/s1. The fourth-order valence-electron chi connectivity index (χ4n) is 7.87. The number of carbonyl (C=O) groups is 1. The number of amides is 1. The van der Waals surface area contributed by atoms with Gasteiger partial charge in [0.05, 0.1) is 31.3 Å². The second kappa shape index (κ2) is 11.7. The Hall–Kier alpha value is -1.93. The number of hydrogen-bond donors (Lipinski definition) is 2. The molecule has 4 heterocycles. The van der Waals surface area contributed by atoms with Crippen LogP contribution >= 0.6 is 11.8 Å². The lowest BCUT2D eigenvalue weighted by Gasteiger charge is -2.55. The summed E-state index contributed by atoms with van der Waals surface area (Å²) in [5, 5.41) is 17.3. The van der Waals surface area contributed by atoms with E-state index < -0.39 is 0 Å². The van der Waals surface area contributed by atoms with Gasteiger partial charge < -0.3 is 14.5 Å². The zero-order valence-electron chi connectivity index (χ0n) is 24.0. The summed E-state index contributed by atoms with van der Waals surface area (Å²) in [6, 6.07) is 9.95. The minimum absolute atomic E-state index is 0.0781. The number of nitriles is 1. The number of rotatable bonds is 6. The van der Waals surface area contributed by atoms with Crippen LogP contribution in [0.4, 0.5) is 0 Å².